The maximum atomic E-state index is 11.9. The second kappa shape index (κ2) is 5.68. The van der Waals surface area contributed by atoms with E-state index in [0.717, 1.165) is 18.8 Å². The molecule has 0 bridgehead atoms. The monoisotopic (exact) mass is 223 g/mol. The zero-order valence-corrected chi connectivity index (χ0v) is 10.5. The summed E-state index contributed by atoms with van der Waals surface area (Å²) in [6, 6.07) is -0.184. The van der Waals surface area contributed by atoms with Crippen LogP contribution in [-0.2, 0) is 11.2 Å². The molecule has 0 saturated carbocycles. The average Bonchev–Trinajstić information content (AvgIpc) is 2.72. The van der Waals surface area contributed by atoms with Crippen LogP contribution in [0.2, 0.25) is 0 Å². The summed E-state index contributed by atoms with van der Waals surface area (Å²) in [6.07, 6.45) is 4.44. The summed E-state index contributed by atoms with van der Waals surface area (Å²) in [6.45, 7) is 8.83. The average molecular weight is 223 g/mol. The number of nitrogens with one attached hydrogen (secondary N) is 1. The van der Waals surface area contributed by atoms with Gasteiger partial charge in [0.2, 0.25) is 5.91 Å². The van der Waals surface area contributed by atoms with E-state index < -0.39 is 0 Å². The van der Waals surface area contributed by atoms with Gasteiger partial charge < -0.3 is 9.88 Å². The number of nitrogens with zero attached hydrogens (tertiary/aromatic N) is 2. The molecular formula is C12H21N3O. The summed E-state index contributed by atoms with van der Waals surface area (Å²) >= 11 is 0. The predicted octanol–water partition coefficient (Wildman–Crippen LogP) is 1.78. The van der Waals surface area contributed by atoms with Crippen LogP contribution in [0.25, 0.3) is 0 Å². The lowest BCUT2D eigenvalue weighted by Crippen LogP contribution is -2.33. The third kappa shape index (κ3) is 3.08. The van der Waals surface area contributed by atoms with Crippen molar-refractivity contribution in [2.45, 2.75) is 40.2 Å². The van der Waals surface area contributed by atoms with Crippen molar-refractivity contribution in [1.29, 1.82) is 0 Å². The van der Waals surface area contributed by atoms with Gasteiger partial charge in [0.15, 0.2) is 0 Å². The maximum absolute atomic E-state index is 11.9. The van der Waals surface area contributed by atoms with E-state index in [9.17, 15) is 4.79 Å². The van der Waals surface area contributed by atoms with Crippen LogP contribution >= 0.6 is 0 Å². The zero-order valence-electron chi connectivity index (χ0n) is 10.5. The Balaban J connectivity index is 2.63. The Labute approximate surface area is 97.1 Å². The zero-order chi connectivity index (χ0) is 12.1. The lowest BCUT2D eigenvalue weighted by atomic mass is 10.2. The van der Waals surface area contributed by atoms with E-state index in [1.807, 2.05) is 24.6 Å². The minimum Gasteiger partial charge on any atom is -0.354 e. The van der Waals surface area contributed by atoms with E-state index in [1.165, 1.54) is 0 Å². The molecule has 1 amide bonds. The molecule has 0 aliphatic carbocycles. The van der Waals surface area contributed by atoms with Crippen molar-refractivity contribution in [2.24, 2.45) is 5.92 Å². The quantitative estimate of drug-likeness (QED) is 0.827. The lowest BCUT2D eigenvalue weighted by molar-refractivity contribution is -0.124. The molecule has 0 aliphatic heterocycles. The van der Waals surface area contributed by atoms with Gasteiger partial charge in [0, 0.05) is 25.4 Å². The molecule has 4 nitrogen and oxygen atoms in total. The third-order valence-electron chi connectivity index (χ3n) is 2.55. The number of imidazole rings is 1. The lowest BCUT2D eigenvalue weighted by Gasteiger charge is -2.16. The highest BCUT2D eigenvalue weighted by atomic mass is 16.2. The second-order valence-electron chi connectivity index (χ2n) is 4.42. The van der Waals surface area contributed by atoms with E-state index in [2.05, 4.69) is 24.1 Å². The first-order valence-corrected chi connectivity index (χ1v) is 5.85. The normalized spacial score (nSPS) is 12.8. The van der Waals surface area contributed by atoms with E-state index in [-0.39, 0.29) is 11.9 Å². The first-order valence-electron chi connectivity index (χ1n) is 5.85. The smallest absolute Gasteiger partial charge is 0.242 e. The molecule has 0 saturated heterocycles. The van der Waals surface area contributed by atoms with Crippen LogP contribution in [0.5, 0.6) is 0 Å². The molecule has 1 heterocycles. The molecule has 16 heavy (non-hydrogen) atoms. The Kier molecular flexibility index (Phi) is 4.52. The first kappa shape index (κ1) is 12.7. The Morgan fingerprint density at radius 1 is 1.50 bits per heavy atom. The van der Waals surface area contributed by atoms with Gasteiger partial charge in [-0.2, -0.15) is 0 Å². The Morgan fingerprint density at radius 2 is 2.19 bits per heavy atom. The molecule has 0 aliphatic rings. The van der Waals surface area contributed by atoms with Crippen LogP contribution in [0.3, 0.4) is 0 Å². The fourth-order valence-corrected chi connectivity index (χ4v) is 1.55. The number of rotatable bonds is 5. The van der Waals surface area contributed by atoms with Crippen LogP contribution < -0.4 is 5.32 Å². The van der Waals surface area contributed by atoms with Gasteiger partial charge in [-0.05, 0) is 12.8 Å². The highest BCUT2D eigenvalue weighted by Crippen LogP contribution is 2.09. The van der Waals surface area contributed by atoms with E-state index in [0.29, 0.717) is 5.92 Å². The summed E-state index contributed by atoms with van der Waals surface area (Å²) in [4.78, 5) is 16.1. The summed E-state index contributed by atoms with van der Waals surface area (Å²) in [7, 11) is 0. The van der Waals surface area contributed by atoms with Gasteiger partial charge in [-0.1, -0.05) is 20.8 Å². The molecule has 4 heteroatoms. The molecule has 90 valence electrons. The molecule has 1 rings (SSSR count). The predicted molar refractivity (Wildman–Crippen MR) is 64.2 cm³/mol. The van der Waals surface area contributed by atoms with Gasteiger partial charge in [-0.3, -0.25) is 4.79 Å². The molecule has 0 fully saturated rings. The van der Waals surface area contributed by atoms with Crippen LogP contribution in [-0.4, -0.2) is 22.0 Å². The topological polar surface area (TPSA) is 46.9 Å². The minimum absolute atomic E-state index is 0.0569. The second-order valence-corrected chi connectivity index (χ2v) is 4.42. The number of hydrogen-bond acceptors (Lipinski definition) is 2. The first-order chi connectivity index (χ1) is 7.56. The van der Waals surface area contributed by atoms with Gasteiger partial charge in [-0.25, -0.2) is 4.98 Å². The van der Waals surface area contributed by atoms with Gasteiger partial charge >= 0.3 is 0 Å². The molecule has 1 aromatic rings. The maximum Gasteiger partial charge on any atom is 0.242 e. The Hall–Kier alpha value is -1.32. The standard InChI is InChI=1S/C12H21N3O/c1-5-11-13-6-7-15(11)10(4)12(16)14-8-9(2)3/h6-7,9-10H,5,8H2,1-4H3,(H,14,16). The molecule has 0 aromatic carbocycles. The molecule has 1 atom stereocenters. The van der Waals surface area contributed by atoms with Crippen LogP contribution in [0.4, 0.5) is 0 Å². The fourth-order valence-electron chi connectivity index (χ4n) is 1.55. The fraction of sp³-hybridized carbons (Fsp3) is 0.667. The Morgan fingerprint density at radius 3 is 2.75 bits per heavy atom. The summed E-state index contributed by atoms with van der Waals surface area (Å²) in [5.74, 6) is 1.48. The van der Waals surface area contributed by atoms with Gasteiger partial charge in [0.25, 0.3) is 0 Å². The molecule has 1 N–H and O–H groups in total. The van der Waals surface area contributed by atoms with Gasteiger partial charge in [0.05, 0.1) is 0 Å². The van der Waals surface area contributed by atoms with Crippen molar-refractivity contribution in [3.63, 3.8) is 0 Å². The van der Waals surface area contributed by atoms with Crippen molar-refractivity contribution < 1.29 is 4.79 Å². The summed E-state index contributed by atoms with van der Waals surface area (Å²) in [5.41, 5.74) is 0. The van der Waals surface area contributed by atoms with Crippen molar-refractivity contribution in [3.8, 4) is 0 Å². The van der Waals surface area contributed by atoms with E-state index in [4.69, 9.17) is 0 Å². The molecular weight excluding hydrogens is 202 g/mol. The number of hydrogen-bond donors (Lipinski definition) is 1. The summed E-state index contributed by atoms with van der Waals surface area (Å²) in [5, 5.41) is 2.93. The van der Waals surface area contributed by atoms with Gasteiger partial charge in [0.1, 0.15) is 11.9 Å². The van der Waals surface area contributed by atoms with Crippen LogP contribution in [0.1, 0.15) is 39.6 Å². The molecule has 0 spiro atoms. The third-order valence-corrected chi connectivity index (χ3v) is 2.55. The molecule has 1 unspecified atom stereocenters. The minimum atomic E-state index is -0.184. The van der Waals surface area contributed by atoms with Gasteiger partial charge in [-0.15, -0.1) is 0 Å². The highest BCUT2D eigenvalue weighted by Gasteiger charge is 2.16. The number of carbonyl (C=O) groups excluding carboxylic acids is 1. The highest BCUT2D eigenvalue weighted by molar-refractivity contribution is 5.79. The number of carbonyl (C=O) groups is 1. The largest absolute Gasteiger partial charge is 0.354 e. The molecule has 1 aromatic heterocycles. The Bertz CT molecular complexity index is 344. The van der Waals surface area contributed by atoms with E-state index in [1.54, 1.807) is 6.20 Å². The SMILES string of the molecule is CCc1nccn1C(C)C(=O)NCC(C)C. The number of aryl methyl sites for hydroxylation is 1. The van der Waals surface area contributed by atoms with Crippen molar-refractivity contribution in [1.82, 2.24) is 14.9 Å². The van der Waals surface area contributed by atoms with Crippen LogP contribution in [0.15, 0.2) is 12.4 Å². The molecule has 0 radical (unpaired) electrons. The van der Waals surface area contributed by atoms with Crippen molar-refractivity contribution >= 4 is 5.91 Å². The van der Waals surface area contributed by atoms with Crippen LogP contribution in [0, 0.1) is 5.92 Å². The van der Waals surface area contributed by atoms with E-state index >= 15 is 0 Å². The summed E-state index contributed by atoms with van der Waals surface area (Å²) < 4.78 is 1.93. The number of amides is 1. The van der Waals surface area contributed by atoms with Crippen molar-refractivity contribution in [2.75, 3.05) is 6.54 Å². The van der Waals surface area contributed by atoms with Crippen molar-refractivity contribution in [3.05, 3.63) is 18.2 Å². The number of aromatic nitrogens is 2.